The van der Waals surface area contributed by atoms with Crippen LogP contribution in [0.5, 0.6) is 34.5 Å². The number of carbonyl (C=O) groups is 3. The first-order valence-corrected chi connectivity index (χ1v) is 33.5. The molecule has 0 radical (unpaired) electrons. The van der Waals surface area contributed by atoms with Crippen molar-refractivity contribution in [2.45, 2.75) is 58.2 Å². The zero-order valence-corrected chi connectivity index (χ0v) is 57.2. The first-order chi connectivity index (χ1) is 50.5. The van der Waals surface area contributed by atoms with Gasteiger partial charge in [-0.3, -0.25) is 28.8 Å². The third kappa shape index (κ3) is 14.4. The number of halogens is 2. The van der Waals surface area contributed by atoms with E-state index in [4.69, 9.17) is 43.0 Å². The van der Waals surface area contributed by atoms with Crippen molar-refractivity contribution >= 4 is 79.5 Å². The number of nitrogen functional groups attached to an aromatic ring is 3. The van der Waals surface area contributed by atoms with E-state index in [0.717, 1.165) is 39.1 Å². The number of H-pyrrole nitrogens is 3. The monoisotopic (exact) mass is 1410 g/mol. The zero-order chi connectivity index (χ0) is 72.7. The summed E-state index contributed by atoms with van der Waals surface area (Å²) >= 11 is 6.20. The number of aromatic amines is 3. The number of anilines is 3. The molecule has 6 aromatic carbocycles. The van der Waals surface area contributed by atoms with E-state index in [1.54, 1.807) is 77.9 Å². The summed E-state index contributed by atoms with van der Waals surface area (Å²) in [5.74, 6) is 18.5. The largest absolute Gasteiger partial charge is 0.457 e. The predicted molar refractivity (Wildman–Crippen MR) is 396 cm³/mol. The molecule has 104 heavy (non-hydrogen) atoms. The molecular formula is C78H67ClFN15O9. The first-order valence-electron chi connectivity index (χ1n) is 33.2. The number of carbonyl (C=O) groups excluding carboxylic acids is 3. The summed E-state index contributed by atoms with van der Waals surface area (Å²) in [4.78, 5) is 80.2. The highest BCUT2D eigenvalue weighted by Gasteiger charge is 2.33. The van der Waals surface area contributed by atoms with Crippen molar-refractivity contribution in [2.75, 3.05) is 56.5 Å². The molecule has 9 N–H and O–H groups in total. The van der Waals surface area contributed by atoms with Crippen LogP contribution in [-0.4, -0.2) is 116 Å². The quantitative estimate of drug-likeness (QED) is 0.0619. The smallest absolute Gasteiger partial charge is 0.298 e. The van der Waals surface area contributed by atoms with Crippen LogP contribution in [0.15, 0.2) is 185 Å². The van der Waals surface area contributed by atoms with Gasteiger partial charge < -0.3 is 59.8 Å². The molecule has 0 spiro atoms. The molecule has 3 aliphatic rings. The van der Waals surface area contributed by atoms with E-state index >= 15 is 0 Å². The second kappa shape index (κ2) is 30.3. The number of rotatable bonds is 12. The average molecular weight is 1410 g/mol. The summed E-state index contributed by atoms with van der Waals surface area (Å²) < 4.78 is 37.1. The normalized spacial score (nSPS) is 15.2. The Morgan fingerprint density at radius 3 is 1.12 bits per heavy atom. The third-order valence-corrected chi connectivity index (χ3v) is 18.5. The fourth-order valence-corrected chi connectivity index (χ4v) is 13.5. The first kappa shape index (κ1) is 69.2. The molecule has 0 saturated carbocycles. The van der Waals surface area contributed by atoms with Crippen LogP contribution < -0.4 is 48.1 Å². The molecule has 24 nitrogen and oxygen atoms in total. The number of benzene rings is 6. The molecule has 522 valence electrons. The number of likely N-dealkylation sites (tertiary alicyclic amines) is 3. The fourth-order valence-electron chi connectivity index (χ4n) is 13.3. The van der Waals surface area contributed by atoms with Crippen LogP contribution in [0.3, 0.4) is 0 Å². The van der Waals surface area contributed by atoms with Gasteiger partial charge in [0.05, 0.1) is 39.3 Å². The second-order valence-electron chi connectivity index (χ2n) is 24.6. The number of nitrogens with one attached hydrogen (secondary N) is 3. The van der Waals surface area contributed by atoms with Gasteiger partial charge in [-0.1, -0.05) is 108 Å². The van der Waals surface area contributed by atoms with Gasteiger partial charge >= 0.3 is 0 Å². The van der Waals surface area contributed by atoms with Crippen LogP contribution in [0.1, 0.15) is 58.2 Å². The summed E-state index contributed by atoms with van der Waals surface area (Å²) in [6.07, 6.45) is 7.80. The third-order valence-electron chi connectivity index (χ3n) is 18.2. The molecular weight excluding hydrogens is 1350 g/mol. The summed E-state index contributed by atoms with van der Waals surface area (Å²) in [6, 6.07) is 44.9. The number of nitrogens with two attached hydrogens (primary N) is 3. The summed E-state index contributed by atoms with van der Waals surface area (Å²) in [7, 11) is 0. The molecule has 3 aliphatic heterocycles. The number of nitrogens with zero attached hydrogens (tertiary/aromatic N) is 9. The predicted octanol–water partition coefficient (Wildman–Crippen LogP) is 11.5. The molecule has 0 aliphatic carbocycles. The molecule has 12 aromatic rings. The lowest BCUT2D eigenvalue weighted by molar-refractivity contribution is -0.125. The number of aromatic nitrogens is 9. The molecule has 3 fully saturated rings. The Balaban J connectivity index is 0.000000139. The molecule has 3 saturated heterocycles. The van der Waals surface area contributed by atoms with Crippen molar-refractivity contribution in [3.05, 3.63) is 212 Å². The van der Waals surface area contributed by atoms with Gasteiger partial charge in [-0.2, -0.15) is 15.3 Å². The molecule has 3 atom stereocenters. The van der Waals surface area contributed by atoms with Crippen LogP contribution in [0.2, 0.25) is 5.02 Å². The minimum Gasteiger partial charge on any atom is -0.457 e. The van der Waals surface area contributed by atoms with E-state index in [1.165, 1.54) is 6.07 Å². The minimum atomic E-state index is -0.452. The lowest BCUT2D eigenvalue weighted by Gasteiger charge is -2.15. The topological polar surface area (TPSA) is 319 Å². The fraction of sp³-hybridized carbons (Fsp3) is 0.192. The van der Waals surface area contributed by atoms with E-state index < -0.39 is 5.82 Å². The Kier molecular flexibility index (Phi) is 20.1. The average Bonchev–Trinajstić information content (AvgIpc) is 1.61. The highest BCUT2D eigenvalue weighted by Crippen LogP contribution is 2.41. The lowest BCUT2D eigenvalue weighted by atomic mass is 10.1. The van der Waals surface area contributed by atoms with Crippen molar-refractivity contribution in [3.8, 4) is 103 Å². The van der Waals surface area contributed by atoms with Gasteiger partial charge in [0.2, 0.25) is 0 Å². The van der Waals surface area contributed by atoms with Crippen LogP contribution in [0.25, 0.3) is 66.1 Å². The van der Waals surface area contributed by atoms with Gasteiger partial charge in [0, 0.05) is 74.5 Å². The number of hydrogen-bond acceptors (Lipinski definition) is 15. The number of hydrogen-bond donors (Lipinski definition) is 6. The van der Waals surface area contributed by atoms with Gasteiger partial charge in [0.1, 0.15) is 45.3 Å². The molecule has 0 unspecified atom stereocenters. The molecule has 26 heteroatoms. The van der Waals surface area contributed by atoms with Gasteiger partial charge in [-0.15, -0.1) is 0 Å². The van der Waals surface area contributed by atoms with Crippen molar-refractivity contribution in [1.29, 1.82) is 0 Å². The maximum Gasteiger partial charge on any atom is 0.298 e. The lowest BCUT2D eigenvalue weighted by Crippen LogP contribution is -2.28. The SMILES string of the molecule is CC#CC(=O)N1CC[C@@H](n2cc(-c3ccc(Oc4ccccc4)cc3)c3c(N)n[nH]c(=O)c32)C1.CC#CC(=O)N1CC[C@@H](n2cc(-c3ccc(Oc4ccccc4Cl)cc3)c3c(N)n[nH]c(=O)c32)C1.CC#CC(=O)N1CC[C@@H](n2cc(-c3ccc(Oc4ccccc4F)cc3)c3c(N)n[nH]c(=O)c32)C1. The number of para-hydroxylation sites is 3. The molecule has 15 rings (SSSR count). The Morgan fingerprint density at radius 2 is 0.760 bits per heavy atom. The maximum absolute atomic E-state index is 13.9. The van der Waals surface area contributed by atoms with Crippen molar-refractivity contribution in [1.82, 2.24) is 59.0 Å². The van der Waals surface area contributed by atoms with Crippen LogP contribution in [-0.2, 0) is 14.4 Å². The number of fused-ring (bicyclic) bond motifs is 3. The second-order valence-corrected chi connectivity index (χ2v) is 25.0. The number of amides is 3. The highest BCUT2D eigenvalue weighted by molar-refractivity contribution is 6.32. The molecule has 0 bridgehead atoms. The van der Waals surface area contributed by atoms with Crippen LogP contribution in [0, 0.1) is 41.3 Å². The van der Waals surface area contributed by atoms with Crippen LogP contribution >= 0.6 is 11.6 Å². The molecule has 3 amide bonds. The van der Waals surface area contributed by atoms with Gasteiger partial charge in [0.15, 0.2) is 29.0 Å². The van der Waals surface area contributed by atoms with Gasteiger partial charge in [0.25, 0.3) is 34.4 Å². The van der Waals surface area contributed by atoms with Gasteiger partial charge in [-0.05, 0) is 147 Å². The van der Waals surface area contributed by atoms with Crippen molar-refractivity contribution in [3.63, 3.8) is 0 Å². The Bertz CT molecular complexity index is 5440. The zero-order valence-electron chi connectivity index (χ0n) is 56.4. The molecule has 6 aromatic heterocycles. The van der Waals surface area contributed by atoms with Crippen LogP contribution in [0.4, 0.5) is 21.8 Å². The van der Waals surface area contributed by atoms with Crippen molar-refractivity contribution < 1.29 is 33.0 Å². The Labute approximate surface area is 598 Å². The molecule has 9 heterocycles. The summed E-state index contributed by atoms with van der Waals surface area (Å²) in [6.45, 7) is 7.98. The van der Waals surface area contributed by atoms with Gasteiger partial charge in [-0.25, -0.2) is 19.7 Å². The van der Waals surface area contributed by atoms with Crippen molar-refractivity contribution in [2.24, 2.45) is 0 Å². The Morgan fingerprint density at radius 1 is 0.442 bits per heavy atom. The van der Waals surface area contributed by atoms with E-state index in [-0.39, 0.29) is 75.7 Å². The standard InChI is InChI=1S/C26H22ClN5O3.C26H22FN5O3.C26H23N5O3/c2*1-2-5-22(33)31-13-12-17(14-31)32-15-19(23-24(32)26(34)30-29-25(23)28)16-8-10-18(11-9-16)35-21-7-4-3-6-20(21)27;1-2-6-22(32)30-14-13-18(15-30)31-16-21(23-24(31)26(33)29-28-25(23)27)17-9-11-20(12-10-17)34-19-7-4-3-5-8-19/h2*3-4,6-11,15,17H,12-14H2,1H3,(H2,28,29)(H,30,34);3-5,7-12,16,18H,13-15H2,1H3,(H2,27,28)(H,29,33)/t2*17-;18-/m111/s1. The van der Waals surface area contributed by atoms with E-state index in [1.807, 2.05) is 135 Å². The van der Waals surface area contributed by atoms with E-state index in [9.17, 15) is 33.2 Å². The number of ether oxygens (including phenoxy) is 3. The van der Waals surface area contributed by atoms with E-state index in [2.05, 4.69) is 66.1 Å². The van der Waals surface area contributed by atoms with E-state index in [0.29, 0.717) is 119 Å². The minimum absolute atomic E-state index is 0.0672. The maximum atomic E-state index is 13.9. The summed E-state index contributed by atoms with van der Waals surface area (Å²) in [5, 5.41) is 21.6. The summed E-state index contributed by atoms with van der Waals surface area (Å²) in [5.41, 5.74) is 23.7. The Hall–Kier alpha value is -13.3. The highest BCUT2D eigenvalue weighted by atomic mass is 35.5.